The van der Waals surface area contributed by atoms with Crippen LogP contribution < -0.4 is 5.32 Å². The highest BCUT2D eigenvalue weighted by atomic mass is 79.9. The Bertz CT molecular complexity index is 1560. The maximum absolute atomic E-state index is 13.0. The Morgan fingerprint density at radius 3 is 2.05 bits per heavy atom. The molecule has 0 saturated heterocycles. The van der Waals surface area contributed by atoms with Gasteiger partial charge in [0.05, 0.1) is 18.0 Å². The molecule has 1 N–H and O–H groups in total. The van der Waals surface area contributed by atoms with Gasteiger partial charge in [0.1, 0.15) is 0 Å². The molecule has 0 spiro atoms. The Kier molecular flexibility index (Phi) is 9.06. The number of aromatic nitrogens is 2. The van der Waals surface area contributed by atoms with E-state index < -0.39 is 5.97 Å². The Labute approximate surface area is 248 Å². The lowest BCUT2D eigenvalue weighted by atomic mass is 9.88. The van der Waals surface area contributed by atoms with Gasteiger partial charge in [-0.05, 0) is 66.9 Å². The summed E-state index contributed by atoms with van der Waals surface area (Å²) in [4.78, 5) is 25.5. The van der Waals surface area contributed by atoms with Crippen molar-refractivity contribution in [2.75, 3.05) is 13.2 Å². The number of esters is 1. The topological polar surface area (TPSA) is 73.2 Å². The number of rotatable bonds is 10. The van der Waals surface area contributed by atoms with Crippen LogP contribution in [0.25, 0.3) is 16.9 Å². The van der Waals surface area contributed by atoms with E-state index >= 15 is 0 Å². The third-order valence-corrected chi connectivity index (χ3v) is 7.36. The number of benzene rings is 4. The molecule has 5 aromatic rings. The maximum Gasteiger partial charge on any atom is 0.358 e. The zero-order valence-electron chi connectivity index (χ0n) is 22.7. The zero-order chi connectivity index (χ0) is 28.6. The maximum atomic E-state index is 13.0. The molecule has 41 heavy (non-hydrogen) atoms. The van der Waals surface area contributed by atoms with Gasteiger partial charge in [-0.1, -0.05) is 88.7 Å². The Morgan fingerprint density at radius 1 is 0.854 bits per heavy atom. The van der Waals surface area contributed by atoms with Gasteiger partial charge in [0.2, 0.25) is 0 Å². The number of hydrogen-bond donors (Lipinski definition) is 1. The molecule has 0 unspecified atom stereocenters. The van der Waals surface area contributed by atoms with E-state index in [0.29, 0.717) is 12.1 Å². The summed E-state index contributed by atoms with van der Waals surface area (Å²) in [6.07, 6.45) is 0.776. The molecule has 0 fully saturated rings. The third kappa shape index (κ3) is 6.81. The molecular formula is C34H30BrN3O3. The molecule has 0 aliphatic rings. The van der Waals surface area contributed by atoms with Crippen molar-refractivity contribution >= 4 is 27.8 Å². The van der Waals surface area contributed by atoms with E-state index in [0.717, 1.165) is 27.8 Å². The van der Waals surface area contributed by atoms with Crippen LogP contribution in [0.5, 0.6) is 0 Å². The van der Waals surface area contributed by atoms with Crippen LogP contribution in [0.4, 0.5) is 0 Å². The molecule has 7 heteroatoms. The highest BCUT2D eigenvalue weighted by Crippen LogP contribution is 2.28. The van der Waals surface area contributed by atoms with Gasteiger partial charge in [-0.2, -0.15) is 5.10 Å². The molecule has 0 aliphatic heterocycles. The molecule has 5 rings (SSSR count). The van der Waals surface area contributed by atoms with Crippen molar-refractivity contribution in [3.05, 3.63) is 142 Å². The first kappa shape index (κ1) is 28.1. The first-order valence-corrected chi connectivity index (χ1v) is 14.3. The predicted octanol–water partition coefficient (Wildman–Crippen LogP) is 7.43. The Morgan fingerprint density at radius 2 is 1.46 bits per heavy atom. The summed E-state index contributed by atoms with van der Waals surface area (Å²) in [7, 11) is 0. The first-order valence-electron chi connectivity index (χ1n) is 13.5. The molecule has 0 atom stereocenters. The standard InChI is InChI=1S/C34H30BrN3O3/c1-2-41-34(40)31-23-32(26-13-17-28(35)18-14-26)38(37-31)29-19-15-27(16-20-29)33(39)36-22-21-30(24-9-5-3-6-10-24)25-11-7-4-8-12-25/h3-20,23,30H,2,21-22H2,1H3,(H,36,39). The third-order valence-electron chi connectivity index (χ3n) is 6.83. The molecule has 1 aromatic heterocycles. The van der Waals surface area contributed by atoms with E-state index in [1.165, 1.54) is 11.1 Å². The number of ether oxygens (including phenoxy) is 1. The van der Waals surface area contributed by atoms with E-state index in [1.54, 1.807) is 29.8 Å². The quantitative estimate of drug-likeness (QED) is 0.168. The van der Waals surface area contributed by atoms with Gasteiger partial charge in [0.25, 0.3) is 5.91 Å². The molecule has 0 bridgehead atoms. The van der Waals surface area contributed by atoms with Crippen molar-refractivity contribution < 1.29 is 14.3 Å². The van der Waals surface area contributed by atoms with E-state index in [-0.39, 0.29) is 24.1 Å². The van der Waals surface area contributed by atoms with Gasteiger partial charge in [0.15, 0.2) is 5.69 Å². The highest BCUT2D eigenvalue weighted by molar-refractivity contribution is 9.10. The van der Waals surface area contributed by atoms with Gasteiger partial charge in [-0.15, -0.1) is 0 Å². The van der Waals surface area contributed by atoms with Crippen LogP contribution in [0, 0.1) is 0 Å². The van der Waals surface area contributed by atoms with E-state index in [2.05, 4.69) is 50.6 Å². The summed E-state index contributed by atoms with van der Waals surface area (Å²) >= 11 is 3.47. The van der Waals surface area contributed by atoms with Gasteiger partial charge < -0.3 is 10.1 Å². The van der Waals surface area contributed by atoms with Crippen molar-refractivity contribution in [2.24, 2.45) is 0 Å². The second-order valence-electron chi connectivity index (χ2n) is 9.52. The van der Waals surface area contributed by atoms with Crippen molar-refractivity contribution in [1.29, 1.82) is 0 Å². The lowest BCUT2D eigenvalue weighted by Crippen LogP contribution is -2.25. The average molecular weight is 609 g/mol. The molecule has 0 saturated carbocycles. The predicted molar refractivity (Wildman–Crippen MR) is 164 cm³/mol. The Balaban J connectivity index is 1.31. The minimum atomic E-state index is -0.482. The minimum absolute atomic E-state index is 0.141. The van der Waals surface area contributed by atoms with Crippen molar-refractivity contribution in [1.82, 2.24) is 15.1 Å². The summed E-state index contributed by atoms with van der Waals surface area (Å²) < 4.78 is 7.82. The fourth-order valence-corrected chi connectivity index (χ4v) is 5.06. The number of carbonyl (C=O) groups excluding carboxylic acids is 2. The second-order valence-corrected chi connectivity index (χ2v) is 10.4. The van der Waals surface area contributed by atoms with Crippen LogP contribution in [-0.2, 0) is 4.74 Å². The van der Waals surface area contributed by atoms with E-state index in [9.17, 15) is 9.59 Å². The van der Waals surface area contributed by atoms with Gasteiger partial charge in [0, 0.05) is 28.1 Å². The first-order chi connectivity index (χ1) is 20.0. The summed E-state index contributed by atoms with van der Waals surface area (Å²) in [5, 5.41) is 7.61. The smallest absolute Gasteiger partial charge is 0.358 e. The summed E-state index contributed by atoms with van der Waals surface area (Å²) in [6, 6.07) is 37.4. The zero-order valence-corrected chi connectivity index (χ0v) is 24.3. The minimum Gasteiger partial charge on any atom is -0.461 e. The lowest BCUT2D eigenvalue weighted by Gasteiger charge is -2.18. The molecule has 6 nitrogen and oxygen atoms in total. The number of nitrogens with zero attached hydrogens (tertiary/aromatic N) is 2. The van der Waals surface area contributed by atoms with Crippen LogP contribution in [0.3, 0.4) is 0 Å². The van der Waals surface area contributed by atoms with Crippen LogP contribution in [0.1, 0.15) is 51.2 Å². The fourth-order valence-electron chi connectivity index (χ4n) is 4.79. The molecule has 206 valence electrons. The monoisotopic (exact) mass is 607 g/mol. The molecular weight excluding hydrogens is 578 g/mol. The number of halogens is 1. The SMILES string of the molecule is CCOC(=O)c1cc(-c2ccc(Br)cc2)n(-c2ccc(C(=O)NCCC(c3ccccc3)c3ccccc3)cc2)n1. The van der Waals surface area contributed by atoms with Gasteiger partial charge >= 0.3 is 5.97 Å². The summed E-state index contributed by atoms with van der Waals surface area (Å²) in [5.74, 6) is -0.437. The highest BCUT2D eigenvalue weighted by Gasteiger charge is 2.19. The number of carbonyl (C=O) groups is 2. The molecule has 1 heterocycles. The summed E-state index contributed by atoms with van der Waals surface area (Å²) in [5.41, 5.74) is 5.57. The van der Waals surface area contributed by atoms with Crippen LogP contribution >= 0.6 is 15.9 Å². The van der Waals surface area contributed by atoms with Crippen molar-refractivity contribution in [3.63, 3.8) is 0 Å². The number of amides is 1. The largest absolute Gasteiger partial charge is 0.461 e. The van der Waals surface area contributed by atoms with Crippen molar-refractivity contribution in [3.8, 4) is 16.9 Å². The molecule has 0 aliphatic carbocycles. The summed E-state index contributed by atoms with van der Waals surface area (Å²) in [6.45, 7) is 2.56. The fraction of sp³-hybridized carbons (Fsp3) is 0.147. The second kappa shape index (κ2) is 13.2. The molecule has 1 amide bonds. The average Bonchev–Trinajstić information content (AvgIpc) is 3.46. The Hall–Kier alpha value is -4.49. The van der Waals surface area contributed by atoms with Gasteiger partial charge in [-0.3, -0.25) is 4.79 Å². The normalized spacial score (nSPS) is 10.9. The van der Waals surface area contributed by atoms with Gasteiger partial charge in [-0.25, -0.2) is 9.48 Å². The number of hydrogen-bond acceptors (Lipinski definition) is 4. The van der Waals surface area contributed by atoms with Crippen LogP contribution in [-0.4, -0.2) is 34.8 Å². The number of nitrogens with one attached hydrogen (secondary N) is 1. The lowest BCUT2D eigenvalue weighted by molar-refractivity contribution is 0.0518. The van der Waals surface area contributed by atoms with Crippen LogP contribution in [0.2, 0.25) is 0 Å². The van der Waals surface area contributed by atoms with Crippen molar-refractivity contribution in [2.45, 2.75) is 19.3 Å². The van der Waals surface area contributed by atoms with Crippen LogP contribution in [0.15, 0.2) is 120 Å². The van der Waals surface area contributed by atoms with E-state index in [1.807, 2.05) is 72.8 Å². The van der Waals surface area contributed by atoms with E-state index in [4.69, 9.17) is 4.74 Å². The molecule has 0 radical (unpaired) electrons. The molecule has 4 aromatic carbocycles.